The van der Waals surface area contributed by atoms with Crippen LogP contribution < -0.4 is 10.3 Å². The van der Waals surface area contributed by atoms with Crippen LogP contribution in [-0.4, -0.2) is 11.6 Å². The van der Waals surface area contributed by atoms with Gasteiger partial charge in [-0.2, -0.15) is 0 Å². The Morgan fingerprint density at radius 1 is 1.29 bits per heavy atom. The third-order valence-corrected chi connectivity index (χ3v) is 2.66. The van der Waals surface area contributed by atoms with Gasteiger partial charge in [0.15, 0.2) is 0 Å². The summed E-state index contributed by atoms with van der Waals surface area (Å²) in [6.45, 7) is 2.53. The summed E-state index contributed by atoms with van der Waals surface area (Å²) in [6, 6.07) is 8.71. The van der Waals surface area contributed by atoms with Crippen LogP contribution in [0.15, 0.2) is 41.3 Å². The van der Waals surface area contributed by atoms with Gasteiger partial charge in [0.25, 0.3) is 0 Å². The van der Waals surface area contributed by atoms with E-state index >= 15 is 0 Å². The molecule has 1 aromatic carbocycles. The molecule has 0 aliphatic heterocycles. The van der Waals surface area contributed by atoms with Gasteiger partial charge in [0.2, 0.25) is 5.56 Å². The number of ether oxygens (including phenoxy) is 1. The number of rotatable bonds is 3. The highest BCUT2D eigenvalue weighted by atomic mass is 35.5. The zero-order valence-electron chi connectivity index (χ0n) is 9.37. The first-order valence-electron chi connectivity index (χ1n) is 5.32. The molecule has 17 heavy (non-hydrogen) atoms. The molecule has 0 aliphatic rings. The van der Waals surface area contributed by atoms with Gasteiger partial charge in [-0.15, -0.1) is 0 Å². The van der Waals surface area contributed by atoms with Crippen LogP contribution in [0.25, 0.3) is 11.1 Å². The average Bonchev–Trinajstić information content (AvgIpc) is 2.31. The van der Waals surface area contributed by atoms with Gasteiger partial charge < -0.3 is 9.72 Å². The van der Waals surface area contributed by atoms with E-state index in [1.54, 1.807) is 18.3 Å². The Morgan fingerprint density at radius 3 is 2.71 bits per heavy atom. The molecule has 4 heteroatoms. The predicted molar refractivity (Wildman–Crippen MR) is 68.7 cm³/mol. The molecule has 3 nitrogen and oxygen atoms in total. The van der Waals surface area contributed by atoms with Crippen molar-refractivity contribution in [2.24, 2.45) is 0 Å². The minimum atomic E-state index is -0.129. The minimum Gasteiger partial charge on any atom is -0.494 e. The van der Waals surface area contributed by atoms with Gasteiger partial charge >= 0.3 is 0 Å². The molecule has 0 saturated heterocycles. The molecule has 0 fully saturated rings. The van der Waals surface area contributed by atoms with E-state index in [0.717, 1.165) is 16.9 Å². The van der Waals surface area contributed by atoms with Crippen LogP contribution in [-0.2, 0) is 0 Å². The fourth-order valence-corrected chi connectivity index (χ4v) is 1.84. The third kappa shape index (κ3) is 2.68. The molecule has 88 valence electrons. The number of benzene rings is 1. The number of hydrogen-bond acceptors (Lipinski definition) is 2. The Morgan fingerprint density at radius 2 is 2.12 bits per heavy atom. The van der Waals surface area contributed by atoms with Crippen molar-refractivity contribution in [2.75, 3.05) is 6.61 Å². The van der Waals surface area contributed by atoms with Crippen LogP contribution in [0.1, 0.15) is 6.92 Å². The lowest BCUT2D eigenvalue weighted by atomic mass is 10.1. The Hall–Kier alpha value is -1.74. The van der Waals surface area contributed by atoms with E-state index in [9.17, 15) is 4.79 Å². The molecule has 1 heterocycles. The zero-order valence-corrected chi connectivity index (χ0v) is 10.1. The summed E-state index contributed by atoms with van der Waals surface area (Å²) < 4.78 is 5.35. The first kappa shape index (κ1) is 11.7. The smallest absolute Gasteiger partial charge is 0.247 e. The van der Waals surface area contributed by atoms with E-state index in [2.05, 4.69) is 4.98 Å². The summed E-state index contributed by atoms with van der Waals surface area (Å²) in [6.07, 6.45) is 1.64. The Kier molecular flexibility index (Phi) is 3.49. The van der Waals surface area contributed by atoms with Crippen LogP contribution in [0.2, 0.25) is 5.02 Å². The fourth-order valence-electron chi connectivity index (χ4n) is 1.56. The van der Waals surface area contributed by atoms with Gasteiger partial charge in [-0.3, -0.25) is 4.79 Å². The summed E-state index contributed by atoms with van der Waals surface area (Å²) in [7, 11) is 0. The molecular weight excluding hydrogens is 238 g/mol. The molecule has 0 bridgehead atoms. The molecule has 0 atom stereocenters. The van der Waals surface area contributed by atoms with Gasteiger partial charge in [0.05, 0.1) is 11.6 Å². The number of nitrogens with one attached hydrogen (secondary N) is 1. The van der Waals surface area contributed by atoms with Gasteiger partial charge in [-0.1, -0.05) is 11.6 Å². The largest absolute Gasteiger partial charge is 0.494 e. The molecule has 0 unspecified atom stereocenters. The van der Waals surface area contributed by atoms with E-state index in [1.807, 2.05) is 19.1 Å². The molecule has 1 N–H and O–H groups in total. The van der Waals surface area contributed by atoms with Crippen molar-refractivity contribution in [3.05, 3.63) is 51.9 Å². The lowest BCUT2D eigenvalue weighted by Crippen LogP contribution is -2.01. The monoisotopic (exact) mass is 249 g/mol. The van der Waals surface area contributed by atoms with Crippen molar-refractivity contribution < 1.29 is 4.74 Å². The number of aromatic amines is 1. The Bertz CT molecular complexity index is 557. The van der Waals surface area contributed by atoms with Crippen molar-refractivity contribution in [2.45, 2.75) is 6.92 Å². The molecule has 2 aromatic rings. The van der Waals surface area contributed by atoms with Crippen molar-refractivity contribution in [3.63, 3.8) is 0 Å². The molecule has 1 aromatic heterocycles. The van der Waals surface area contributed by atoms with Crippen LogP contribution in [0.5, 0.6) is 5.75 Å². The first-order chi connectivity index (χ1) is 8.20. The standard InChI is InChI=1S/C13H12ClNO2/c1-2-17-10-4-5-11(12(14)7-10)9-3-6-13(16)15-8-9/h3-8H,2H2,1H3,(H,15,16). The second-order valence-electron chi connectivity index (χ2n) is 3.52. The molecule has 0 saturated carbocycles. The number of hydrogen-bond donors (Lipinski definition) is 1. The summed E-state index contributed by atoms with van der Waals surface area (Å²) in [5, 5.41) is 0.600. The number of aromatic nitrogens is 1. The van der Waals surface area contributed by atoms with E-state index < -0.39 is 0 Å². The molecule has 0 radical (unpaired) electrons. The highest BCUT2D eigenvalue weighted by Gasteiger charge is 2.05. The van der Waals surface area contributed by atoms with E-state index in [1.165, 1.54) is 6.07 Å². The minimum absolute atomic E-state index is 0.129. The highest BCUT2D eigenvalue weighted by molar-refractivity contribution is 6.33. The quantitative estimate of drug-likeness (QED) is 0.908. The molecule has 0 amide bonds. The van der Waals surface area contributed by atoms with Gasteiger partial charge in [0.1, 0.15) is 5.75 Å². The number of halogens is 1. The summed E-state index contributed by atoms with van der Waals surface area (Å²) in [5.74, 6) is 0.741. The molecule has 2 rings (SSSR count). The molecule has 0 spiro atoms. The third-order valence-electron chi connectivity index (χ3n) is 2.35. The maximum absolute atomic E-state index is 11.0. The Labute approximate surface area is 104 Å². The summed E-state index contributed by atoms with van der Waals surface area (Å²) in [4.78, 5) is 13.6. The first-order valence-corrected chi connectivity index (χ1v) is 5.70. The topological polar surface area (TPSA) is 42.1 Å². The lowest BCUT2D eigenvalue weighted by molar-refractivity contribution is 0.340. The van der Waals surface area contributed by atoms with E-state index in [0.29, 0.717) is 11.6 Å². The number of pyridine rings is 1. The zero-order chi connectivity index (χ0) is 12.3. The van der Waals surface area contributed by atoms with Crippen LogP contribution in [0, 0.1) is 0 Å². The normalized spacial score (nSPS) is 10.2. The van der Waals surface area contributed by atoms with Crippen molar-refractivity contribution >= 4 is 11.6 Å². The maximum atomic E-state index is 11.0. The van der Waals surface area contributed by atoms with Crippen LogP contribution in [0.3, 0.4) is 0 Å². The summed E-state index contributed by atoms with van der Waals surface area (Å²) in [5.41, 5.74) is 1.61. The lowest BCUT2D eigenvalue weighted by Gasteiger charge is -2.07. The molecular formula is C13H12ClNO2. The van der Waals surface area contributed by atoms with E-state index in [4.69, 9.17) is 16.3 Å². The second kappa shape index (κ2) is 5.06. The van der Waals surface area contributed by atoms with Gasteiger partial charge in [0, 0.05) is 17.8 Å². The predicted octanol–water partition coefficient (Wildman–Crippen LogP) is 3.09. The fraction of sp³-hybridized carbons (Fsp3) is 0.154. The summed E-state index contributed by atoms with van der Waals surface area (Å²) >= 11 is 6.17. The maximum Gasteiger partial charge on any atom is 0.247 e. The average molecular weight is 250 g/mol. The number of H-pyrrole nitrogens is 1. The van der Waals surface area contributed by atoms with Gasteiger partial charge in [-0.25, -0.2) is 0 Å². The van der Waals surface area contributed by atoms with Crippen molar-refractivity contribution in [1.82, 2.24) is 4.98 Å². The van der Waals surface area contributed by atoms with Gasteiger partial charge in [-0.05, 0) is 36.8 Å². The SMILES string of the molecule is CCOc1ccc(-c2ccc(=O)[nH]c2)c(Cl)c1. The highest BCUT2D eigenvalue weighted by Crippen LogP contribution is 2.30. The van der Waals surface area contributed by atoms with Crippen LogP contribution >= 0.6 is 11.6 Å². The molecule has 0 aliphatic carbocycles. The van der Waals surface area contributed by atoms with Crippen molar-refractivity contribution in [3.8, 4) is 16.9 Å². The Balaban J connectivity index is 2.39. The van der Waals surface area contributed by atoms with Crippen LogP contribution in [0.4, 0.5) is 0 Å². The van der Waals surface area contributed by atoms with Crippen molar-refractivity contribution in [1.29, 1.82) is 0 Å². The van der Waals surface area contributed by atoms with E-state index in [-0.39, 0.29) is 5.56 Å². The second-order valence-corrected chi connectivity index (χ2v) is 3.92.